The second-order valence-electron chi connectivity index (χ2n) is 8.41. The van der Waals surface area contributed by atoms with Crippen molar-refractivity contribution in [3.8, 4) is 0 Å². The Morgan fingerprint density at radius 3 is 2.56 bits per heavy atom. The number of amides is 1. The van der Waals surface area contributed by atoms with Crippen molar-refractivity contribution in [1.29, 1.82) is 0 Å². The molecule has 1 aromatic heterocycles. The van der Waals surface area contributed by atoms with Crippen LogP contribution in [0.25, 0.3) is 6.08 Å². The van der Waals surface area contributed by atoms with Crippen LogP contribution < -0.4 is 9.62 Å². The predicted octanol–water partition coefficient (Wildman–Crippen LogP) is 3.72. The molecule has 0 aliphatic carbocycles. The van der Waals surface area contributed by atoms with E-state index >= 15 is 0 Å². The van der Waals surface area contributed by atoms with Gasteiger partial charge < -0.3 is 14.4 Å². The quantitative estimate of drug-likeness (QED) is 0.622. The van der Waals surface area contributed by atoms with Crippen molar-refractivity contribution in [2.24, 2.45) is 11.8 Å². The Kier molecular flexibility index (Phi) is 8.08. The Hall–Kier alpha value is -2.06. The van der Waals surface area contributed by atoms with Crippen LogP contribution in [-0.4, -0.2) is 53.1 Å². The van der Waals surface area contributed by atoms with Gasteiger partial charge in [0.1, 0.15) is 5.41 Å². The fraction of sp³-hybridized carbons (Fsp3) is 0.417. The van der Waals surface area contributed by atoms with E-state index in [4.69, 9.17) is 11.6 Å². The molecular formula is C24H29ClN4O2S. The third-order valence-corrected chi connectivity index (χ3v) is 7.32. The maximum absolute atomic E-state index is 13.0. The molecule has 8 heteroatoms. The molecule has 1 amide bonds. The fourth-order valence-corrected chi connectivity index (χ4v) is 5.26. The summed E-state index contributed by atoms with van der Waals surface area (Å²) in [5.74, 6) is 0.727. The molecule has 2 aliphatic heterocycles. The largest absolute Gasteiger partial charge is 0.593 e. The molecule has 2 atom stereocenters. The van der Waals surface area contributed by atoms with Gasteiger partial charge in [-0.3, -0.25) is 9.78 Å². The molecule has 4 rings (SSSR count). The van der Waals surface area contributed by atoms with Crippen LogP contribution in [0.4, 0.5) is 5.69 Å². The lowest BCUT2D eigenvalue weighted by Gasteiger charge is -2.34. The summed E-state index contributed by atoms with van der Waals surface area (Å²) >= 11 is 4.64. The van der Waals surface area contributed by atoms with E-state index in [2.05, 4.69) is 14.6 Å². The number of pyridine rings is 1. The van der Waals surface area contributed by atoms with Gasteiger partial charge in [-0.15, -0.1) is 4.72 Å². The SMILES string of the molecule is O=C(C1CCN(c2ccncc2)CC1)N1CCC(CN[S+]([O-])/C=C/c2ccc(Cl)cc2)C1. The number of carbonyl (C=O) groups is 1. The topological polar surface area (TPSA) is 71.5 Å². The van der Waals surface area contributed by atoms with Gasteiger partial charge in [0, 0.05) is 61.7 Å². The van der Waals surface area contributed by atoms with E-state index in [1.54, 1.807) is 5.41 Å². The van der Waals surface area contributed by atoms with Gasteiger partial charge in [-0.1, -0.05) is 23.7 Å². The molecule has 0 radical (unpaired) electrons. The lowest BCUT2D eigenvalue weighted by atomic mass is 9.95. The molecule has 0 spiro atoms. The lowest BCUT2D eigenvalue weighted by Crippen LogP contribution is -2.42. The maximum Gasteiger partial charge on any atom is 0.225 e. The number of carbonyl (C=O) groups excluding carboxylic acids is 1. The van der Waals surface area contributed by atoms with Gasteiger partial charge in [-0.2, -0.15) is 0 Å². The number of benzene rings is 1. The van der Waals surface area contributed by atoms with Gasteiger partial charge in [-0.05, 0) is 61.1 Å². The molecule has 2 fully saturated rings. The zero-order chi connectivity index (χ0) is 22.3. The van der Waals surface area contributed by atoms with Crippen molar-refractivity contribution in [2.75, 3.05) is 37.6 Å². The van der Waals surface area contributed by atoms with Crippen LogP contribution in [0, 0.1) is 11.8 Å². The summed E-state index contributed by atoms with van der Waals surface area (Å²) in [5.41, 5.74) is 2.13. The maximum atomic E-state index is 13.0. The summed E-state index contributed by atoms with van der Waals surface area (Å²) in [6.07, 6.45) is 8.17. The number of hydrogen-bond donors (Lipinski definition) is 1. The summed E-state index contributed by atoms with van der Waals surface area (Å²) in [7, 11) is 0. The van der Waals surface area contributed by atoms with Gasteiger partial charge in [-0.25, -0.2) is 0 Å². The van der Waals surface area contributed by atoms with Gasteiger partial charge in [0.25, 0.3) is 0 Å². The molecule has 2 unspecified atom stereocenters. The molecule has 170 valence electrons. The van der Waals surface area contributed by atoms with Crippen LogP contribution in [0.3, 0.4) is 0 Å². The van der Waals surface area contributed by atoms with E-state index < -0.39 is 11.4 Å². The molecule has 0 bridgehead atoms. The van der Waals surface area contributed by atoms with Crippen molar-refractivity contribution < 1.29 is 9.35 Å². The fourth-order valence-electron chi connectivity index (χ4n) is 4.36. The van der Waals surface area contributed by atoms with Crippen molar-refractivity contribution >= 4 is 40.6 Å². The molecular weight excluding hydrogens is 444 g/mol. The predicted molar refractivity (Wildman–Crippen MR) is 130 cm³/mol. The van der Waals surface area contributed by atoms with E-state index in [1.807, 2.05) is 59.8 Å². The smallest absolute Gasteiger partial charge is 0.225 e. The highest BCUT2D eigenvalue weighted by Gasteiger charge is 2.33. The van der Waals surface area contributed by atoms with E-state index in [-0.39, 0.29) is 11.8 Å². The molecule has 1 aromatic carbocycles. The zero-order valence-electron chi connectivity index (χ0n) is 18.0. The average Bonchev–Trinajstić information content (AvgIpc) is 3.32. The standard InChI is InChI=1S/C24H29ClN4O2S/c25-22-3-1-19(2-4-22)10-16-32(31)27-17-20-7-13-29(18-20)24(30)21-8-14-28(15-9-21)23-5-11-26-12-6-23/h1-6,10-12,16,20-21,27H,7-9,13-15,17-18H2/b16-10+. The minimum atomic E-state index is -1.25. The molecule has 1 N–H and O–H groups in total. The number of anilines is 1. The van der Waals surface area contributed by atoms with E-state index in [0.717, 1.165) is 51.0 Å². The summed E-state index contributed by atoms with van der Waals surface area (Å²) in [5, 5.41) is 2.33. The third kappa shape index (κ3) is 6.25. The van der Waals surface area contributed by atoms with Crippen molar-refractivity contribution in [2.45, 2.75) is 19.3 Å². The van der Waals surface area contributed by atoms with E-state index in [9.17, 15) is 9.35 Å². The lowest BCUT2D eigenvalue weighted by molar-refractivity contribution is -0.135. The van der Waals surface area contributed by atoms with Gasteiger partial charge in [0.05, 0.1) is 11.4 Å². The second-order valence-corrected chi connectivity index (χ2v) is 10.00. The molecule has 2 aliphatic rings. The first-order chi connectivity index (χ1) is 15.6. The second kappa shape index (κ2) is 11.2. The monoisotopic (exact) mass is 472 g/mol. The number of nitrogens with one attached hydrogen (secondary N) is 1. The number of halogens is 1. The summed E-state index contributed by atoms with van der Waals surface area (Å²) in [4.78, 5) is 21.4. The minimum Gasteiger partial charge on any atom is -0.593 e. The zero-order valence-corrected chi connectivity index (χ0v) is 19.6. The molecule has 2 aromatic rings. The van der Waals surface area contributed by atoms with Gasteiger partial charge >= 0.3 is 0 Å². The van der Waals surface area contributed by atoms with Crippen molar-refractivity contribution in [3.05, 3.63) is 64.8 Å². The molecule has 0 saturated carbocycles. The van der Waals surface area contributed by atoms with Crippen LogP contribution in [0.1, 0.15) is 24.8 Å². The number of hydrogen-bond acceptors (Lipinski definition) is 5. The highest BCUT2D eigenvalue weighted by atomic mass is 35.5. The molecule has 2 saturated heterocycles. The van der Waals surface area contributed by atoms with Crippen LogP contribution in [0.5, 0.6) is 0 Å². The number of likely N-dealkylation sites (tertiary alicyclic amines) is 1. The summed E-state index contributed by atoms with van der Waals surface area (Å²) < 4.78 is 15.3. The molecule has 3 heterocycles. The van der Waals surface area contributed by atoms with Crippen LogP contribution in [-0.2, 0) is 16.2 Å². The minimum absolute atomic E-state index is 0.108. The van der Waals surface area contributed by atoms with E-state index in [0.29, 0.717) is 17.5 Å². The summed E-state index contributed by atoms with van der Waals surface area (Å²) in [6, 6.07) is 11.4. The Labute approximate surface area is 198 Å². The number of piperidine rings is 1. The molecule has 6 nitrogen and oxygen atoms in total. The van der Waals surface area contributed by atoms with Crippen LogP contribution >= 0.6 is 11.6 Å². The first-order valence-corrected chi connectivity index (χ1v) is 12.7. The number of rotatable bonds is 7. The molecule has 32 heavy (non-hydrogen) atoms. The van der Waals surface area contributed by atoms with Crippen LogP contribution in [0.2, 0.25) is 5.02 Å². The van der Waals surface area contributed by atoms with Crippen LogP contribution in [0.15, 0.2) is 54.2 Å². The highest BCUT2D eigenvalue weighted by molar-refractivity contribution is 7.92. The Morgan fingerprint density at radius 2 is 1.84 bits per heavy atom. The van der Waals surface area contributed by atoms with Crippen molar-refractivity contribution in [3.63, 3.8) is 0 Å². The first-order valence-electron chi connectivity index (χ1n) is 11.1. The van der Waals surface area contributed by atoms with Gasteiger partial charge in [0.2, 0.25) is 5.91 Å². The van der Waals surface area contributed by atoms with Crippen molar-refractivity contribution in [1.82, 2.24) is 14.6 Å². The third-order valence-electron chi connectivity index (χ3n) is 6.24. The normalized spacial score (nSPS) is 20.8. The summed E-state index contributed by atoms with van der Waals surface area (Å²) in [6.45, 7) is 3.98. The Bertz CT molecular complexity index is 904. The number of aromatic nitrogens is 1. The average molecular weight is 473 g/mol. The first kappa shape index (κ1) is 23.1. The number of nitrogens with zero attached hydrogens (tertiary/aromatic N) is 3. The van der Waals surface area contributed by atoms with E-state index in [1.165, 1.54) is 5.69 Å². The Balaban J connectivity index is 1.18. The van der Waals surface area contributed by atoms with Gasteiger partial charge in [0.15, 0.2) is 0 Å². The highest BCUT2D eigenvalue weighted by Crippen LogP contribution is 2.26. The Morgan fingerprint density at radius 1 is 1.12 bits per heavy atom.